The van der Waals surface area contributed by atoms with Crippen molar-refractivity contribution < 1.29 is 0 Å². The van der Waals surface area contributed by atoms with Crippen molar-refractivity contribution in [3.63, 3.8) is 0 Å². The molecule has 1 aliphatic heterocycles. The Balaban J connectivity index is 1.74. The maximum atomic E-state index is 12.5. The van der Waals surface area contributed by atoms with E-state index in [1.165, 1.54) is 5.56 Å². The second-order valence-electron chi connectivity index (χ2n) is 6.93. The normalized spacial score (nSPS) is 15.0. The fourth-order valence-corrected chi connectivity index (χ4v) is 3.50. The molecule has 0 unspecified atom stereocenters. The molecule has 0 saturated heterocycles. The fourth-order valence-electron chi connectivity index (χ4n) is 3.50. The molecule has 27 heavy (non-hydrogen) atoms. The summed E-state index contributed by atoms with van der Waals surface area (Å²) in [6.45, 7) is 5.14. The molecule has 1 atom stereocenters. The molecule has 0 saturated carbocycles. The summed E-state index contributed by atoms with van der Waals surface area (Å²) in [4.78, 5) is 29.6. The first-order valence-electron chi connectivity index (χ1n) is 9.02. The Morgan fingerprint density at radius 3 is 2.41 bits per heavy atom. The number of anilines is 1. The molecular weight excluding hydrogens is 340 g/mol. The number of hydrogen-bond acceptors (Lipinski definition) is 4. The quantitative estimate of drug-likeness (QED) is 0.752. The molecular formula is C21H22N4O2. The van der Waals surface area contributed by atoms with Gasteiger partial charge in [-0.25, -0.2) is 9.36 Å². The Morgan fingerprint density at radius 1 is 1.00 bits per heavy atom. The minimum Gasteiger partial charge on any atom is -0.358 e. The standard InChI is InChI=1S/C21H22N4O2/c1-14-8-10-17(11-9-14)25-19-18(20(26)23-21(25)27)12-24(13-22-19)15(2)16-6-4-3-5-7-16/h3-11,15,22H,12-13H2,1-2H3,(H,23,26,27)/t15-/m0/s1. The SMILES string of the molecule is Cc1ccc(-n2c3c(c(=O)[nH]c2=O)CN([C@@H](C)c2ccccc2)CN3)cc1. The number of aryl methyl sites for hydroxylation is 1. The predicted molar refractivity (Wildman–Crippen MR) is 106 cm³/mol. The van der Waals surface area contributed by atoms with Gasteiger partial charge in [-0.15, -0.1) is 0 Å². The van der Waals surface area contributed by atoms with E-state index in [9.17, 15) is 9.59 Å². The number of fused-ring (bicyclic) bond motifs is 1. The smallest absolute Gasteiger partial charge is 0.334 e. The topological polar surface area (TPSA) is 70.1 Å². The molecule has 0 amide bonds. The van der Waals surface area contributed by atoms with Crippen molar-refractivity contribution in [2.24, 2.45) is 0 Å². The zero-order valence-corrected chi connectivity index (χ0v) is 15.4. The van der Waals surface area contributed by atoms with Gasteiger partial charge in [0, 0.05) is 12.6 Å². The van der Waals surface area contributed by atoms with Crippen molar-refractivity contribution in [2.45, 2.75) is 26.4 Å². The highest BCUT2D eigenvalue weighted by Crippen LogP contribution is 2.27. The molecule has 0 aliphatic carbocycles. The average molecular weight is 362 g/mol. The van der Waals surface area contributed by atoms with Gasteiger partial charge in [-0.2, -0.15) is 0 Å². The van der Waals surface area contributed by atoms with Gasteiger partial charge in [0.2, 0.25) is 0 Å². The van der Waals surface area contributed by atoms with Crippen LogP contribution in [0.15, 0.2) is 64.2 Å². The summed E-state index contributed by atoms with van der Waals surface area (Å²) in [6, 6.07) is 18.0. The molecule has 6 heteroatoms. The molecule has 1 aliphatic rings. The van der Waals surface area contributed by atoms with Crippen LogP contribution in [0.25, 0.3) is 5.69 Å². The van der Waals surface area contributed by atoms with Crippen molar-refractivity contribution in [3.05, 3.63) is 92.1 Å². The van der Waals surface area contributed by atoms with Crippen molar-refractivity contribution >= 4 is 5.82 Å². The van der Waals surface area contributed by atoms with Crippen molar-refractivity contribution in [1.29, 1.82) is 0 Å². The lowest BCUT2D eigenvalue weighted by atomic mass is 10.1. The summed E-state index contributed by atoms with van der Waals surface area (Å²) in [5.41, 5.74) is 2.83. The highest BCUT2D eigenvalue weighted by molar-refractivity contribution is 5.52. The maximum absolute atomic E-state index is 12.5. The van der Waals surface area contributed by atoms with E-state index in [2.05, 4.69) is 34.3 Å². The summed E-state index contributed by atoms with van der Waals surface area (Å²) in [5.74, 6) is 0.573. The van der Waals surface area contributed by atoms with E-state index in [1.807, 2.05) is 49.4 Å². The highest BCUT2D eigenvalue weighted by Gasteiger charge is 2.26. The van der Waals surface area contributed by atoms with Gasteiger partial charge in [-0.1, -0.05) is 48.0 Å². The van der Waals surface area contributed by atoms with Crippen molar-refractivity contribution in [2.75, 3.05) is 12.0 Å². The second-order valence-corrected chi connectivity index (χ2v) is 6.93. The number of nitrogens with zero attached hydrogens (tertiary/aromatic N) is 2. The zero-order valence-electron chi connectivity index (χ0n) is 15.4. The minimum absolute atomic E-state index is 0.144. The van der Waals surface area contributed by atoms with Gasteiger partial charge in [-0.05, 0) is 31.5 Å². The lowest BCUT2D eigenvalue weighted by Gasteiger charge is -2.35. The van der Waals surface area contributed by atoms with Crippen LogP contribution in [0.3, 0.4) is 0 Å². The number of nitrogens with one attached hydrogen (secondary N) is 2. The summed E-state index contributed by atoms with van der Waals surface area (Å²) in [7, 11) is 0. The number of hydrogen-bond donors (Lipinski definition) is 2. The monoisotopic (exact) mass is 362 g/mol. The van der Waals surface area contributed by atoms with Crippen LogP contribution in [0.4, 0.5) is 5.82 Å². The Morgan fingerprint density at radius 2 is 1.70 bits per heavy atom. The summed E-state index contributed by atoms with van der Waals surface area (Å²) in [5, 5.41) is 3.30. The van der Waals surface area contributed by atoms with E-state index in [4.69, 9.17) is 0 Å². The fraction of sp³-hybridized carbons (Fsp3) is 0.238. The van der Waals surface area contributed by atoms with E-state index >= 15 is 0 Å². The first-order chi connectivity index (χ1) is 13.0. The Kier molecular flexibility index (Phi) is 4.41. The Labute approximate surface area is 157 Å². The van der Waals surface area contributed by atoms with Gasteiger partial charge in [0.1, 0.15) is 5.82 Å². The maximum Gasteiger partial charge on any atom is 0.334 e. The number of aromatic nitrogens is 2. The van der Waals surface area contributed by atoms with Crippen molar-refractivity contribution in [3.8, 4) is 5.69 Å². The molecule has 2 aromatic carbocycles. The number of benzene rings is 2. The molecule has 3 aromatic rings. The molecule has 6 nitrogen and oxygen atoms in total. The molecule has 4 rings (SSSR count). The van der Waals surface area contributed by atoms with E-state index in [1.54, 1.807) is 4.57 Å². The average Bonchev–Trinajstić information content (AvgIpc) is 2.69. The van der Waals surface area contributed by atoms with E-state index < -0.39 is 5.69 Å². The van der Waals surface area contributed by atoms with Crippen molar-refractivity contribution in [1.82, 2.24) is 14.5 Å². The van der Waals surface area contributed by atoms with Crippen LogP contribution in [0.2, 0.25) is 0 Å². The van der Waals surface area contributed by atoms with Gasteiger partial charge in [-0.3, -0.25) is 14.7 Å². The predicted octanol–water partition coefficient (Wildman–Crippen LogP) is 2.78. The third-order valence-corrected chi connectivity index (χ3v) is 5.14. The van der Waals surface area contributed by atoms with E-state index in [0.717, 1.165) is 11.3 Å². The summed E-state index contributed by atoms with van der Waals surface area (Å²) >= 11 is 0. The van der Waals surface area contributed by atoms with Crippen LogP contribution >= 0.6 is 0 Å². The van der Waals surface area contributed by atoms with Crippen LogP contribution in [0.5, 0.6) is 0 Å². The number of aromatic amines is 1. The number of rotatable bonds is 3. The Hall–Kier alpha value is -3.12. The van der Waals surface area contributed by atoms with Crippen LogP contribution < -0.4 is 16.6 Å². The van der Waals surface area contributed by atoms with E-state index in [0.29, 0.717) is 24.6 Å². The molecule has 2 N–H and O–H groups in total. The summed E-state index contributed by atoms with van der Waals surface area (Å²) in [6.07, 6.45) is 0. The van der Waals surface area contributed by atoms with Crippen LogP contribution in [0, 0.1) is 6.92 Å². The van der Waals surface area contributed by atoms with Gasteiger partial charge in [0.25, 0.3) is 5.56 Å². The lowest BCUT2D eigenvalue weighted by molar-refractivity contribution is 0.207. The largest absolute Gasteiger partial charge is 0.358 e. The molecule has 0 fully saturated rings. The van der Waals surface area contributed by atoms with Crippen LogP contribution in [-0.2, 0) is 6.54 Å². The van der Waals surface area contributed by atoms with Gasteiger partial charge in [0.15, 0.2) is 0 Å². The highest BCUT2D eigenvalue weighted by atomic mass is 16.2. The Bertz CT molecular complexity index is 1070. The van der Waals surface area contributed by atoms with Gasteiger partial charge < -0.3 is 5.32 Å². The first-order valence-corrected chi connectivity index (χ1v) is 9.02. The zero-order chi connectivity index (χ0) is 19.0. The van der Waals surface area contributed by atoms with Crippen LogP contribution in [0.1, 0.15) is 29.7 Å². The molecule has 0 radical (unpaired) electrons. The van der Waals surface area contributed by atoms with Gasteiger partial charge in [0.05, 0.1) is 17.9 Å². The third kappa shape index (κ3) is 3.19. The molecule has 2 heterocycles. The second kappa shape index (κ2) is 6.89. The molecule has 0 spiro atoms. The molecule has 0 bridgehead atoms. The first kappa shape index (κ1) is 17.3. The van der Waals surface area contributed by atoms with E-state index in [-0.39, 0.29) is 11.6 Å². The summed E-state index contributed by atoms with van der Waals surface area (Å²) < 4.78 is 1.54. The minimum atomic E-state index is -0.431. The number of H-pyrrole nitrogens is 1. The van der Waals surface area contributed by atoms with Crippen LogP contribution in [-0.4, -0.2) is 21.1 Å². The third-order valence-electron chi connectivity index (χ3n) is 5.14. The molecule has 138 valence electrons. The molecule has 1 aromatic heterocycles. The van der Waals surface area contributed by atoms with Gasteiger partial charge >= 0.3 is 5.69 Å². The lowest BCUT2D eigenvalue weighted by Crippen LogP contribution is -2.43.